The zero-order valence-corrected chi connectivity index (χ0v) is 16.4. The average Bonchev–Trinajstić information content (AvgIpc) is 2.49. The number of esters is 5. The van der Waals surface area contributed by atoms with Crippen LogP contribution < -0.4 is 0 Å². The van der Waals surface area contributed by atoms with Crippen LogP contribution in [0.2, 0.25) is 0 Å². The summed E-state index contributed by atoms with van der Waals surface area (Å²) in [7, 11) is 0. The molecule has 0 radical (unpaired) electrons. The van der Waals surface area contributed by atoms with E-state index >= 15 is 0 Å². The Bertz CT molecular complexity index is 604. The van der Waals surface area contributed by atoms with E-state index in [0.29, 0.717) is 0 Å². The predicted molar refractivity (Wildman–Crippen MR) is 90.2 cm³/mol. The summed E-state index contributed by atoms with van der Waals surface area (Å²) < 4.78 is 25.8. The van der Waals surface area contributed by atoms with Crippen LogP contribution in [0.15, 0.2) is 0 Å². The van der Waals surface area contributed by atoms with Crippen molar-refractivity contribution in [2.75, 3.05) is 6.61 Å². The van der Waals surface area contributed by atoms with Crippen LogP contribution in [0.5, 0.6) is 0 Å². The van der Waals surface area contributed by atoms with E-state index < -0.39 is 58.8 Å². The molecule has 1 rings (SSSR count). The third-order valence-electron chi connectivity index (χ3n) is 3.23. The fraction of sp³-hybridized carbons (Fsp3) is 0.688. The van der Waals surface area contributed by atoms with Gasteiger partial charge in [-0.1, -0.05) is 0 Å². The van der Waals surface area contributed by atoms with Gasteiger partial charge in [-0.2, -0.15) is 0 Å². The summed E-state index contributed by atoms with van der Waals surface area (Å²) in [4.78, 5) is 57.2. The number of hydrogen-bond donors (Lipinski definition) is 0. The molecule has 1 fully saturated rings. The molecule has 0 spiro atoms. The minimum atomic E-state index is -1.26. The maximum Gasteiger partial charge on any atom is 0.303 e. The summed E-state index contributed by atoms with van der Waals surface area (Å²) in [5.74, 6) is -3.36. The summed E-state index contributed by atoms with van der Waals surface area (Å²) >= 11 is 0.967. The highest BCUT2D eigenvalue weighted by atomic mass is 32.2. The van der Waals surface area contributed by atoms with Crippen molar-refractivity contribution < 1.29 is 47.7 Å². The van der Waals surface area contributed by atoms with Crippen molar-refractivity contribution in [2.24, 2.45) is 0 Å². The van der Waals surface area contributed by atoms with Gasteiger partial charge < -0.3 is 23.7 Å². The van der Waals surface area contributed by atoms with Crippen LogP contribution >= 0.6 is 11.8 Å². The number of ether oxygens (including phenoxy) is 5. The molecule has 0 aliphatic carbocycles. The Labute approximate surface area is 160 Å². The molecule has 1 saturated heterocycles. The maximum atomic E-state index is 11.6. The lowest BCUT2D eigenvalue weighted by Gasteiger charge is -2.43. The van der Waals surface area contributed by atoms with Gasteiger partial charge >= 0.3 is 29.8 Å². The van der Waals surface area contributed by atoms with Gasteiger partial charge in [-0.05, 0) is 0 Å². The highest BCUT2D eigenvalue weighted by molar-refractivity contribution is 8.00. The standard InChI is InChI=1S/C16H22O10S/c1-7(17)22-6-12-13(23-8(2)18)14(24-9(3)19)15(25-10(4)20)16(27-12)26-11(5)21/h12-16H,6H2,1-5H3/t12-,13-,14+,15-,16?/m1/s1. The number of rotatable bonds is 6. The Morgan fingerprint density at radius 3 is 1.52 bits per heavy atom. The van der Waals surface area contributed by atoms with Crippen molar-refractivity contribution in [3.8, 4) is 0 Å². The zero-order valence-electron chi connectivity index (χ0n) is 15.6. The SMILES string of the molecule is CC(=O)OC[C@H]1SC(OC(C)=O)[C@H](OC(C)=O)[C@@H](OC(C)=O)[C@@H]1OC(C)=O. The van der Waals surface area contributed by atoms with Gasteiger partial charge in [-0.25, -0.2) is 0 Å². The van der Waals surface area contributed by atoms with E-state index in [-0.39, 0.29) is 6.61 Å². The van der Waals surface area contributed by atoms with Crippen LogP contribution in [0.1, 0.15) is 34.6 Å². The van der Waals surface area contributed by atoms with E-state index in [0.717, 1.165) is 39.5 Å². The Balaban J connectivity index is 3.29. The quantitative estimate of drug-likeness (QED) is 0.447. The van der Waals surface area contributed by atoms with Gasteiger partial charge in [0.25, 0.3) is 0 Å². The van der Waals surface area contributed by atoms with Gasteiger partial charge in [0.05, 0.1) is 5.25 Å². The van der Waals surface area contributed by atoms with Crippen LogP contribution in [0.4, 0.5) is 0 Å². The van der Waals surface area contributed by atoms with Crippen molar-refractivity contribution in [3.63, 3.8) is 0 Å². The molecule has 5 atom stereocenters. The van der Waals surface area contributed by atoms with Gasteiger partial charge in [-0.15, -0.1) is 11.8 Å². The van der Waals surface area contributed by atoms with Crippen LogP contribution in [0, 0.1) is 0 Å². The smallest absolute Gasteiger partial charge is 0.303 e. The van der Waals surface area contributed by atoms with Crippen LogP contribution in [-0.2, 0) is 47.7 Å². The highest BCUT2D eigenvalue weighted by Gasteiger charge is 2.53. The first-order chi connectivity index (χ1) is 12.5. The Morgan fingerprint density at radius 2 is 1.07 bits per heavy atom. The summed E-state index contributed by atoms with van der Waals surface area (Å²) in [6.07, 6.45) is -3.59. The van der Waals surface area contributed by atoms with Crippen molar-refractivity contribution in [1.29, 1.82) is 0 Å². The third-order valence-corrected chi connectivity index (χ3v) is 4.62. The molecule has 1 aliphatic heterocycles. The van der Waals surface area contributed by atoms with Crippen LogP contribution in [0.3, 0.4) is 0 Å². The molecule has 0 aromatic heterocycles. The van der Waals surface area contributed by atoms with E-state index in [9.17, 15) is 24.0 Å². The van der Waals surface area contributed by atoms with Crippen LogP contribution in [-0.4, -0.2) is 65.5 Å². The average molecular weight is 406 g/mol. The van der Waals surface area contributed by atoms with Crippen molar-refractivity contribution >= 4 is 41.6 Å². The number of hydrogen-bond acceptors (Lipinski definition) is 11. The second-order valence-electron chi connectivity index (χ2n) is 5.68. The van der Waals surface area contributed by atoms with Crippen molar-refractivity contribution in [2.45, 2.75) is 63.6 Å². The molecule has 0 aromatic carbocycles. The molecule has 10 nitrogen and oxygen atoms in total. The van der Waals surface area contributed by atoms with Gasteiger partial charge in [0.2, 0.25) is 0 Å². The molecule has 1 heterocycles. The lowest BCUT2D eigenvalue weighted by atomic mass is 10.0. The number of carbonyl (C=O) groups is 5. The Morgan fingerprint density at radius 1 is 0.630 bits per heavy atom. The number of thioether (sulfide) groups is 1. The Kier molecular flexibility index (Phi) is 8.54. The number of carbonyl (C=O) groups excluding carboxylic acids is 5. The molecule has 0 aromatic rings. The van der Waals surface area contributed by atoms with E-state index in [1.165, 1.54) is 6.92 Å². The lowest BCUT2D eigenvalue weighted by molar-refractivity contribution is -0.195. The fourth-order valence-electron chi connectivity index (χ4n) is 2.45. The van der Waals surface area contributed by atoms with Gasteiger partial charge in [0, 0.05) is 34.6 Å². The monoisotopic (exact) mass is 406 g/mol. The summed E-state index contributed by atoms with van der Waals surface area (Å²) in [6, 6.07) is 0. The third kappa shape index (κ3) is 7.45. The highest BCUT2D eigenvalue weighted by Crippen LogP contribution is 2.38. The maximum absolute atomic E-state index is 11.6. The largest absolute Gasteiger partial charge is 0.465 e. The molecule has 1 unspecified atom stereocenters. The summed E-state index contributed by atoms with van der Waals surface area (Å²) in [5, 5.41) is -0.738. The molecule has 1 aliphatic rings. The van der Waals surface area contributed by atoms with E-state index in [2.05, 4.69) is 0 Å². The Hall–Kier alpha value is -2.30. The van der Waals surface area contributed by atoms with E-state index in [1.54, 1.807) is 0 Å². The topological polar surface area (TPSA) is 132 Å². The molecule has 11 heteroatoms. The first-order valence-corrected chi connectivity index (χ1v) is 8.93. The van der Waals surface area contributed by atoms with Gasteiger partial charge in [-0.3, -0.25) is 24.0 Å². The summed E-state index contributed by atoms with van der Waals surface area (Å²) in [5.41, 5.74) is -1.07. The molecule has 0 N–H and O–H groups in total. The molecule has 152 valence electrons. The normalized spacial score (nSPS) is 27.1. The zero-order chi connectivity index (χ0) is 20.7. The fourth-order valence-corrected chi connectivity index (χ4v) is 3.86. The molecule has 0 amide bonds. The first-order valence-electron chi connectivity index (χ1n) is 7.99. The molecule has 0 saturated carbocycles. The van der Waals surface area contributed by atoms with Crippen LogP contribution in [0.25, 0.3) is 0 Å². The minimum Gasteiger partial charge on any atom is -0.465 e. The predicted octanol–water partition coefficient (Wildman–Crippen LogP) is 0.349. The van der Waals surface area contributed by atoms with Crippen molar-refractivity contribution in [1.82, 2.24) is 0 Å². The second-order valence-corrected chi connectivity index (χ2v) is 7.02. The van der Waals surface area contributed by atoms with Gasteiger partial charge in [0.1, 0.15) is 6.61 Å². The van der Waals surface area contributed by atoms with E-state index in [1.807, 2.05) is 0 Å². The molecular weight excluding hydrogens is 384 g/mol. The molecule has 0 bridgehead atoms. The lowest BCUT2D eigenvalue weighted by Crippen LogP contribution is -2.59. The van der Waals surface area contributed by atoms with E-state index in [4.69, 9.17) is 23.7 Å². The minimum absolute atomic E-state index is 0.208. The van der Waals surface area contributed by atoms with Gasteiger partial charge in [0.15, 0.2) is 23.7 Å². The first kappa shape index (κ1) is 22.7. The van der Waals surface area contributed by atoms with Crippen molar-refractivity contribution in [3.05, 3.63) is 0 Å². The summed E-state index contributed by atoms with van der Waals surface area (Å²) in [6.45, 7) is 5.55. The molecular formula is C16H22O10S. The second kappa shape index (κ2) is 10.1. The molecule has 27 heavy (non-hydrogen) atoms.